The monoisotopic (exact) mass is 378 g/mol. The van der Waals surface area contributed by atoms with E-state index in [2.05, 4.69) is 5.32 Å². The molecule has 0 saturated heterocycles. The second kappa shape index (κ2) is 6.50. The number of methoxy groups -OCH3 is 1. The van der Waals surface area contributed by atoms with Crippen molar-refractivity contribution in [2.45, 2.75) is 37.7 Å². The van der Waals surface area contributed by atoms with Gasteiger partial charge in [0.15, 0.2) is 0 Å². The number of rotatable bonds is 5. The Balaban J connectivity index is 1.49. The molecule has 26 heavy (non-hydrogen) atoms. The molecule has 4 aliphatic rings. The zero-order chi connectivity index (χ0) is 18.5. The first kappa shape index (κ1) is 17.7. The molecule has 5 rings (SSSR count). The Hall–Kier alpha value is -1.66. The zero-order valence-corrected chi connectivity index (χ0v) is 15.5. The minimum absolute atomic E-state index is 0.0910. The van der Waals surface area contributed by atoms with Gasteiger partial charge in [0.25, 0.3) is 11.6 Å². The van der Waals surface area contributed by atoms with Crippen LogP contribution >= 0.6 is 11.6 Å². The van der Waals surface area contributed by atoms with Gasteiger partial charge in [0.2, 0.25) is 0 Å². The highest BCUT2D eigenvalue weighted by atomic mass is 35.5. The van der Waals surface area contributed by atoms with Gasteiger partial charge in [-0.25, -0.2) is 0 Å². The molecule has 0 atom stereocenters. The molecular weight excluding hydrogens is 356 g/mol. The summed E-state index contributed by atoms with van der Waals surface area (Å²) >= 11 is 6.08. The van der Waals surface area contributed by atoms with Gasteiger partial charge in [0.1, 0.15) is 0 Å². The fourth-order valence-corrected chi connectivity index (χ4v) is 6.05. The first-order valence-corrected chi connectivity index (χ1v) is 9.58. The second-order valence-corrected chi connectivity index (χ2v) is 8.47. The van der Waals surface area contributed by atoms with Crippen molar-refractivity contribution in [2.75, 3.05) is 13.7 Å². The van der Waals surface area contributed by atoms with Crippen LogP contribution in [0.3, 0.4) is 0 Å². The van der Waals surface area contributed by atoms with Crippen LogP contribution in [-0.4, -0.2) is 30.1 Å². The van der Waals surface area contributed by atoms with Crippen LogP contribution in [0.15, 0.2) is 18.2 Å². The van der Waals surface area contributed by atoms with Crippen LogP contribution in [-0.2, 0) is 4.74 Å². The molecule has 1 aromatic carbocycles. The van der Waals surface area contributed by atoms with Crippen LogP contribution in [0.4, 0.5) is 5.69 Å². The highest BCUT2D eigenvalue weighted by Gasteiger charge is 2.57. The molecule has 4 bridgehead atoms. The molecule has 0 radical (unpaired) electrons. The van der Waals surface area contributed by atoms with Gasteiger partial charge in [-0.15, -0.1) is 0 Å². The molecule has 4 fully saturated rings. The molecule has 4 aliphatic carbocycles. The highest BCUT2D eigenvalue weighted by molar-refractivity contribution is 6.34. The average Bonchev–Trinajstić information content (AvgIpc) is 2.61. The Kier molecular flexibility index (Phi) is 4.43. The van der Waals surface area contributed by atoms with E-state index in [1.54, 1.807) is 7.11 Å². The number of nitro benzene ring substituents is 1. The van der Waals surface area contributed by atoms with Crippen molar-refractivity contribution >= 4 is 23.2 Å². The predicted octanol–water partition coefficient (Wildman–Crippen LogP) is 3.82. The van der Waals surface area contributed by atoms with Gasteiger partial charge >= 0.3 is 0 Å². The van der Waals surface area contributed by atoms with Gasteiger partial charge in [-0.1, -0.05) is 11.6 Å². The smallest absolute Gasteiger partial charge is 0.270 e. The number of hydrogen-bond acceptors (Lipinski definition) is 4. The largest absolute Gasteiger partial charge is 0.376 e. The summed E-state index contributed by atoms with van der Waals surface area (Å²) in [5, 5.41) is 13.9. The lowest BCUT2D eigenvalue weighted by molar-refractivity contribution is -0.384. The number of nitrogens with one attached hydrogen (secondary N) is 1. The van der Waals surface area contributed by atoms with Gasteiger partial charge in [0, 0.05) is 25.8 Å². The Morgan fingerprint density at radius 2 is 1.88 bits per heavy atom. The third-order valence-corrected chi connectivity index (χ3v) is 7.15. The maximum atomic E-state index is 12.6. The normalized spacial score (nSPS) is 34.7. The number of carbonyl (C=O) groups excluding carboxylic acids is 1. The van der Waals surface area contributed by atoms with Gasteiger partial charge in [-0.2, -0.15) is 0 Å². The highest BCUT2D eigenvalue weighted by Crippen LogP contribution is 2.59. The summed E-state index contributed by atoms with van der Waals surface area (Å²) in [6, 6.07) is 3.92. The summed E-state index contributed by atoms with van der Waals surface area (Å²) in [6.07, 6.45) is 6.12. The first-order chi connectivity index (χ1) is 12.4. The van der Waals surface area contributed by atoms with Gasteiger partial charge in [0.05, 0.1) is 21.1 Å². The molecule has 4 saturated carbocycles. The lowest BCUT2D eigenvalue weighted by atomic mass is 9.49. The summed E-state index contributed by atoms with van der Waals surface area (Å²) in [5.41, 5.74) is -0.163. The third kappa shape index (κ3) is 2.79. The van der Waals surface area contributed by atoms with Crippen LogP contribution in [0.5, 0.6) is 0 Å². The van der Waals surface area contributed by atoms with E-state index in [1.807, 2.05) is 0 Å². The Labute approximate surface area is 157 Å². The van der Waals surface area contributed by atoms with Crippen molar-refractivity contribution in [1.82, 2.24) is 5.32 Å². The van der Waals surface area contributed by atoms with E-state index in [9.17, 15) is 14.9 Å². The molecule has 1 amide bonds. The van der Waals surface area contributed by atoms with E-state index in [4.69, 9.17) is 16.3 Å². The molecule has 7 heteroatoms. The van der Waals surface area contributed by atoms with Crippen LogP contribution in [0.25, 0.3) is 0 Å². The number of halogens is 1. The van der Waals surface area contributed by atoms with Gasteiger partial charge in [-0.3, -0.25) is 14.9 Å². The zero-order valence-electron chi connectivity index (χ0n) is 14.7. The summed E-state index contributed by atoms with van der Waals surface area (Å²) < 4.78 is 6.04. The van der Waals surface area contributed by atoms with E-state index >= 15 is 0 Å². The third-order valence-electron chi connectivity index (χ3n) is 6.83. The maximum Gasteiger partial charge on any atom is 0.270 e. The van der Waals surface area contributed by atoms with Gasteiger partial charge < -0.3 is 10.1 Å². The minimum Gasteiger partial charge on any atom is -0.376 e. The van der Waals surface area contributed by atoms with E-state index in [1.165, 1.54) is 50.3 Å². The molecule has 1 aromatic rings. The maximum absolute atomic E-state index is 12.6. The van der Waals surface area contributed by atoms with E-state index in [-0.39, 0.29) is 27.8 Å². The average molecular weight is 379 g/mol. The van der Waals surface area contributed by atoms with E-state index in [0.29, 0.717) is 18.4 Å². The van der Waals surface area contributed by atoms with Crippen LogP contribution in [0.1, 0.15) is 42.5 Å². The fraction of sp³-hybridized carbons (Fsp3) is 0.632. The molecule has 0 unspecified atom stereocenters. The van der Waals surface area contributed by atoms with Crippen molar-refractivity contribution in [3.63, 3.8) is 0 Å². The van der Waals surface area contributed by atoms with Crippen molar-refractivity contribution in [2.24, 2.45) is 23.7 Å². The molecule has 0 aromatic heterocycles. The Bertz CT molecular complexity index is 723. The summed E-state index contributed by atoms with van der Waals surface area (Å²) in [4.78, 5) is 22.9. The number of nitro groups is 1. The number of carbonyl (C=O) groups is 1. The Morgan fingerprint density at radius 1 is 1.27 bits per heavy atom. The lowest BCUT2D eigenvalue weighted by Crippen LogP contribution is -2.63. The topological polar surface area (TPSA) is 81.5 Å². The van der Waals surface area contributed by atoms with Crippen LogP contribution < -0.4 is 5.32 Å². The van der Waals surface area contributed by atoms with Crippen molar-refractivity contribution < 1.29 is 14.5 Å². The van der Waals surface area contributed by atoms with E-state index < -0.39 is 4.92 Å². The number of amides is 1. The molecule has 0 spiro atoms. The molecule has 1 N–H and O–H groups in total. The van der Waals surface area contributed by atoms with Crippen molar-refractivity contribution in [1.29, 1.82) is 0 Å². The Morgan fingerprint density at radius 3 is 2.38 bits per heavy atom. The summed E-state index contributed by atoms with van der Waals surface area (Å²) in [6.45, 7) is 0.463. The lowest BCUT2D eigenvalue weighted by Gasteiger charge is -2.60. The summed E-state index contributed by atoms with van der Waals surface area (Å²) in [5.74, 6) is 2.32. The second-order valence-electron chi connectivity index (χ2n) is 8.07. The quantitative estimate of drug-likeness (QED) is 0.623. The van der Waals surface area contributed by atoms with Crippen LogP contribution in [0.2, 0.25) is 5.02 Å². The predicted molar refractivity (Wildman–Crippen MR) is 97.2 cm³/mol. The number of nitrogens with zero attached hydrogens (tertiary/aromatic N) is 1. The number of non-ortho nitro benzene ring substituents is 1. The van der Waals surface area contributed by atoms with Crippen molar-refractivity contribution in [3.05, 3.63) is 38.9 Å². The molecule has 140 valence electrons. The van der Waals surface area contributed by atoms with Gasteiger partial charge in [-0.05, 0) is 61.8 Å². The van der Waals surface area contributed by atoms with E-state index in [0.717, 1.165) is 11.8 Å². The number of ether oxygens (including phenoxy) is 1. The molecule has 6 nitrogen and oxygen atoms in total. The molecule has 0 aliphatic heterocycles. The van der Waals surface area contributed by atoms with Crippen LogP contribution in [0, 0.1) is 33.8 Å². The molecular formula is C19H23ClN2O4. The van der Waals surface area contributed by atoms with Crippen molar-refractivity contribution in [3.8, 4) is 0 Å². The first-order valence-electron chi connectivity index (χ1n) is 9.20. The number of benzene rings is 1. The number of hydrogen-bond donors (Lipinski definition) is 1. The SMILES string of the molecule is COC1(CNC(=O)c2ccc([N+](=O)[O-])cc2Cl)C2CC3CC(C2)CC1C3. The molecule has 0 heterocycles. The standard InChI is InChI=1S/C19H23ClN2O4/c1-26-19(13-5-11-4-12(7-13)8-14(19)6-11)10-21-18(23)16-3-2-15(22(24)25)9-17(16)20/h2-3,9,11-14H,4-8,10H2,1H3,(H,21,23). The minimum atomic E-state index is -0.526. The fourth-order valence-electron chi connectivity index (χ4n) is 5.79. The summed E-state index contributed by atoms with van der Waals surface area (Å²) in [7, 11) is 1.76.